The lowest BCUT2D eigenvalue weighted by atomic mass is 9.95. The molecule has 0 spiro atoms. The van der Waals surface area contributed by atoms with Crippen LogP contribution in [0.25, 0.3) is 0 Å². The Kier molecular flexibility index (Phi) is 9.56. The van der Waals surface area contributed by atoms with Gasteiger partial charge in [-0.1, -0.05) is 6.07 Å². The molecule has 2 heterocycles. The minimum Gasteiger partial charge on any atom is -0.480 e. The first-order valence-corrected chi connectivity index (χ1v) is 12.2. The first kappa shape index (κ1) is 26.1. The normalized spacial score (nSPS) is 17.5. The second-order valence-electron chi connectivity index (χ2n) is 9.04. The maximum atomic E-state index is 12.6. The van der Waals surface area contributed by atoms with E-state index in [4.69, 9.17) is 4.74 Å². The Morgan fingerprint density at radius 1 is 1.23 bits per heavy atom. The van der Waals surface area contributed by atoms with Crippen LogP contribution < -0.4 is 26.2 Å². The fourth-order valence-electron chi connectivity index (χ4n) is 4.03. The summed E-state index contributed by atoms with van der Waals surface area (Å²) in [5.41, 5.74) is 2.03. The molecular weight excluding hydrogens is 452 g/mol. The molecule has 1 unspecified atom stereocenters. The molecule has 0 saturated carbocycles. The number of carboxylic acid groups (broad SMARTS) is 1. The molecule has 2 aliphatic heterocycles. The van der Waals surface area contributed by atoms with E-state index < -0.39 is 18.1 Å². The number of rotatable bonds is 8. The molecule has 0 radical (unpaired) electrons. The van der Waals surface area contributed by atoms with E-state index in [1.165, 1.54) is 0 Å². The maximum absolute atomic E-state index is 12.6. The van der Waals surface area contributed by atoms with E-state index in [9.17, 15) is 19.5 Å². The molecule has 1 aromatic carbocycles. The molecular formula is C24H36N6O5. The Hall–Kier alpha value is -3.50. The molecule has 0 aliphatic carbocycles. The van der Waals surface area contributed by atoms with E-state index in [0.717, 1.165) is 43.3 Å². The van der Waals surface area contributed by atoms with E-state index in [-0.39, 0.29) is 24.5 Å². The Bertz CT molecular complexity index is 913. The molecule has 11 nitrogen and oxygen atoms in total. The molecule has 0 aromatic heterocycles. The summed E-state index contributed by atoms with van der Waals surface area (Å²) in [5.74, 6) is -0.863. The van der Waals surface area contributed by atoms with E-state index >= 15 is 0 Å². The van der Waals surface area contributed by atoms with Gasteiger partial charge in [0.1, 0.15) is 6.04 Å². The number of carbonyl (C=O) groups excluding carboxylic acids is 2. The van der Waals surface area contributed by atoms with Crippen molar-refractivity contribution < 1.29 is 24.2 Å². The number of alkyl carbamates (subject to hydrolysis) is 1. The number of guanidine groups is 1. The number of amides is 2. The Labute approximate surface area is 205 Å². The van der Waals surface area contributed by atoms with Gasteiger partial charge in [0.15, 0.2) is 5.96 Å². The lowest BCUT2D eigenvalue weighted by Gasteiger charge is -2.33. The average molecular weight is 489 g/mol. The van der Waals surface area contributed by atoms with Gasteiger partial charge in [-0.2, -0.15) is 0 Å². The number of nitrogens with one attached hydrogen (secondary N) is 4. The number of hydrogen-bond acceptors (Lipinski definition) is 8. The van der Waals surface area contributed by atoms with E-state index in [1.807, 2.05) is 18.2 Å². The van der Waals surface area contributed by atoms with Crippen molar-refractivity contribution in [1.82, 2.24) is 16.0 Å². The summed E-state index contributed by atoms with van der Waals surface area (Å²) < 4.78 is 4.92. The van der Waals surface area contributed by atoms with Crippen molar-refractivity contribution in [2.75, 3.05) is 42.9 Å². The first-order chi connectivity index (χ1) is 16.8. The van der Waals surface area contributed by atoms with E-state index in [2.05, 4.69) is 37.2 Å². The van der Waals surface area contributed by atoms with Gasteiger partial charge in [-0.15, -0.1) is 0 Å². The second-order valence-corrected chi connectivity index (χ2v) is 9.04. The zero-order valence-corrected chi connectivity index (χ0v) is 20.4. The average Bonchev–Trinajstić information content (AvgIpc) is 3.10. The van der Waals surface area contributed by atoms with Crippen LogP contribution in [0.15, 0.2) is 29.3 Å². The van der Waals surface area contributed by atoms with E-state index in [1.54, 1.807) is 13.8 Å². The third-order valence-corrected chi connectivity index (χ3v) is 5.90. The minimum absolute atomic E-state index is 0.201. The quantitative estimate of drug-likeness (QED) is 0.372. The van der Waals surface area contributed by atoms with Crippen molar-refractivity contribution in [3.63, 3.8) is 0 Å². The molecule has 3 rings (SSSR count). The van der Waals surface area contributed by atoms with Crippen LogP contribution in [0.2, 0.25) is 0 Å². The van der Waals surface area contributed by atoms with Crippen LogP contribution in [0.3, 0.4) is 0 Å². The van der Waals surface area contributed by atoms with Crippen LogP contribution >= 0.6 is 0 Å². The lowest BCUT2D eigenvalue weighted by molar-refractivity contribution is -0.139. The fourth-order valence-corrected chi connectivity index (χ4v) is 4.03. The summed E-state index contributed by atoms with van der Waals surface area (Å²) in [6.45, 7) is 6.28. The van der Waals surface area contributed by atoms with Gasteiger partial charge in [0.2, 0.25) is 5.91 Å². The van der Waals surface area contributed by atoms with Crippen molar-refractivity contribution in [3.8, 4) is 0 Å². The second kappa shape index (κ2) is 12.8. The largest absolute Gasteiger partial charge is 0.480 e. The van der Waals surface area contributed by atoms with Gasteiger partial charge in [-0.25, -0.2) is 9.59 Å². The monoisotopic (exact) mass is 488 g/mol. The van der Waals surface area contributed by atoms with Crippen LogP contribution in [0.5, 0.6) is 0 Å². The van der Waals surface area contributed by atoms with Gasteiger partial charge >= 0.3 is 12.1 Å². The van der Waals surface area contributed by atoms with Gasteiger partial charge in [-0.05, 0) is 57.7 Å². The van der Waals surface area contributed by atoms with Crippen LogP contribution in [0.4, 0.5) is 16.2 Å². The van der Waals surface area contributed by atoms with Crippen molar-refractivity contribution >= 4 is 35.3 Å². The lowest BCUT2D eigenvalue weighted by Crippen LogP contribution is -2.50. The number of nitrogens with zero attached hydrogens (tertiary/aromatic N) is 2. The third-order valence-electron chi connectivity index (χ3n) is 5.90. The number of benzene rings is 1. The highest BCUT2D eigenvalue weighted by Gasteiger charge is 2.27. The standard InChI is InChI=1S/C24H36N6O5/c1-16(2)35-24(34)29-20(22(32)33)15-27-21(31)17-8-12-30(13-9-17)19-7-5-6-18(14-19)28-23-25-10-3-4-11-26-23/h5-7,14,16-17,20H,3-4,8-13,15H2,1-2H3,(H,27,31)(H,29,34)(H,32,33)(H2,25,26,28). The fraction of sp³-hybridized carbons (Fsp3) is 0.583. The zero-order chi connectivity index (χ0) is 25.2. The highest BCUT2D eigenvalue weighted by molar-refractivity contribution is 5.94. The van der Waals surface area contributed by atoms with Gasteiger partial charge in [0.05, 0.1) is 6.10 Å². The van der Waals surface area contributed by atoms with Crippen LogP contribution in [-0.2, 0) is 14.3 Å². The molecule has 1 atom stereocenters. The number of carboxylic acids is 1. The molecule has 35 heavy (non-hydrogen) atoms. The predicted molar refractivity (Wildman–Crippen MR) is 134 cm³/mol. The summed E-state index contributed by atoms with van der Waals surface area (Å²) in [6.07, 6.45) is 2.29. The smallest absolute Gasteiger partial charge is 0.408 e. The Balaban J connectivity index is 1.47. The van der Waals surface area contributed by atoms with Crippen molar-refractivity contribution in [2.45, 2.75) is 51.7 Å². The summed E-state index contributed by atoms with van der Waals surface area (Å²) >= 11 is 0. The molecule has 2 amide bonds. The third kappa shape index (κ3) is 8.34. The Morgan fingerprint density at radius 2 is 2.00 bits per heavy atom. The van der Waals surface area contributed by atoms with Gasteiger partial charge < -0.3 is 36.0 Å². The number of hydrogen-bond donors (Lipinski definition) is 5. The molecule has 2 aliphatic rings. The van der Waals surface area contributed by atoms with Gasteiger partial charge in [0.25, 0.3) is 0 Å². The summed E-state index contributed by atoms with van der Waals surface area (Å²) in [4.78, 5) is 42.5. The van der Waals surface area contributed by atoms with Crippen molar-refractivity contribution in [2.24, 2.45) is 10.9 Å². The molecule has 1 aromatic rings. The molecule has 192 valence electrons. The zero-order valence-electron chi connectivity index (χ0n) is 20.4. The van der Waals surface area contributed by atoms with Crippen molar-refractivity contribution in [1.29, 1.82) is 0 Å². The molecule has 1 saturated heterocycles. The summed E-state index contributed by atoms with van der Waals surface area (Å²) in [5, 5.41) is 20.9. The predicted octanol–water partition coefficient (Wildman–Crippen LogP) is 1.76. The highest BCUT2D eigenvalue weighted by atomic mass is 16.6. The van der Waals surface area contributed by atoms with Crippen LogP contribution in [-0.4, -0.2) is 73.9 Å². The highest BCUT2D eigenvalue weighted by Crippen LogP contribution is 2.25. The molecule has 5 N–H and O–H groups in total. The van der Waals surface area contributed by atoms with E-state index in [0.29, 0.717) is 25.9 Å². The molecule has 11 heteroatoms. The van der Waals surface area contributed by atoms with Crippen LogP contribution in [0, 0.1) is 5.92 Å². The summed E-state index contributed by atoms with van der Waals surface area (Å²) in [7, 11) is 0. The SMILES string of the molecule is CC(C)OC(=O)NC(CNC(=O)C1CCN(c2cccc(NC3=NCCCCN3)c2)CC1)C(=O)O. The van der Waals surface area contributed by atoms with Crippen molar-refractivity contribution in [3.05, 3.63) is 24.3 Å². The topological polar surface area (TPSA) is 144 Å². The number of aliphatic imine (C=N–C) groups is 1. The van der Waals surface area contributed by atoms with Crippen LogP contribution in [0.1, 0.15) is 39.5 Å². The van der Waals surface area contributed by atoms with Gasteiger partial charge in [-0.3, -0.25) is 9.79 Å². The number of aliphatic carboxylic acids is 1. The minimum atomic E-state index is -1.26. The Morgan fingerprint density at radius 3 is 2.71 bits per heavy atom. The number of ether oxygens (including phenoxy) is 1. The van der Waals surface area contributed by atoms with Gasteiger partial charge in [0, 0.05) is 50.0 Å². The number of piperidine rings is 1. The first-order valence-electron chi connectivity index (χ1n) is 12.2. The molecule has 0 bridgehead atoms. The number of carbonyl (C=O) groups is 3. The molecule has 1 fully saturated rings. The maximum Gasteiger partial charge on any atom is 0.408 e. The number of anilines is 2. The summed E-state index contributed by atoms with van der Waals surface area (Å²) in [6, 6.07) is 6.87.